The maximum Gasteiger partial charge on any atom is 0.198 e. The zero-order chi connectivity index (χ0) is 9.97. The van der Waals surface area contributed by atoms with E-state index in [1.54, 1.807) is 0 Å². The summed E-state index contributed by atoms with van der Waals surface area (Å²) in [5.41, 5.74) is 0. The minimum absolute atomic E-state index is 0.255. The third-order valence-corrected chi connectivity index (χ3v) is 3.84. The van der Waals surface area contributed by atoms with E-state index in [0.29, 0.717) is 5.92 Å². The van der Waals surface area contributed by atoms with Crippen molar-refractivity contribution in [2.24, 2.45) is 0 Å². The number of oxazole rings is 1. The van der Waals surface area contributed by atoms with Gasteiger partial charge >= 0.3 is 0 Å². The molecule has 1 saturated heterocycles. The Labute approximate surface area is 88.7 Å². The molecule has 1 N–H and O–H groups in total. The highest BCUT2D eigenvalue weighted by atomic mass is 32.2. The molecule has 0 radical (unpaired) electrons. The molecule has 0 aromatic carbocycles. The van der Waals surface area contributed by atoms with Crippen molar-refractivity contribution < 1.29 is 4.42 Å². The predicted molar refractivity (Wildman–Crippen MR) is 58.7 cm³/mol. The maximum atomic E-state index is 5.73. The Balaban J connectivity index is 2.08. The van der Waals surface area contributed by atoms with Crippen molar-refractivity contribution in [2.45, 2.75) is 25.3 Å². The first kappa shape index (κ1) is 10.1. The second-order valence-corrected chi connectivity index (χ2v) is 4.82. The van der Waals surface area contributed by atoms with Crippen LogP contribution in [0.5, 0.6) is 0 Å². The van der Waals surface area contributed by atoms with Crippen molar-refractivity contribution in [1.82, 2.24) is 10.3 Å². The Morgan fingerprint density at radius 2 is 2.57 bits per heavy atom. The summed E-state index contributed by atoms with van der Waals surface area (Å²) in [5.74, 6) is 4.81. The van der Waals surface area contributed by atoms with Gasteiger partial charge in [0.1, 0.15) is 5.76 Å². The minimum Gasteiger partial charge on any atom is -0.444 e. The first-order valence-corrected chi connectivity index (χ1v) is 6.17. The van der Waals surface area contributed by atoms with Crippen LogP contribution in [0.3, 0.4) is 0 Å². The smallest absolute Gasteiger partial charge is 0.198 e. The fourth-order valence-electron chi connectivity index (χ4n) is 1.56. The molecule has 1 aliphatic heterocycles. The average molecular weight is 212 g/mol. The van der Waals surface area contributed by atoms with Crippen molar-refractivity contribution in [1.29, 1.82) is 0 Å². The molecule has 2 heterocycles. The number of hydrogen-bond acceptors (Lipinski definition) is 4. The lowest BCUT2D eigenvalue weighted by Crippen LogP contribution is -2.11. The van der Waals surface area contributed by atoms with Crippen LogP contribution in [0.25, 0.3) is 0 Å². The van der Waals surface area contributed by atoms with Gasteiger partial charge in [0, 0.05) is 11.7 Å². The summed E-state index contributed by atoms with van der Waals surface area (Å²) in [6.07, 6.45) is 3.05. The van der Waals surface area contributed by atoms with Crippen LogP contribution in [0.4, 0.5) is 0 Å². The minimum atomic E-state index is 0.255. The Hall–Kier alpha value is -0.480. The van der Waals surface area contributed by atoms with Crippen LogP contribution in [-0.2, 0) is 0 Å². The normalized spacial score (nSPS) is 24.0. The zero-order valence-corrected chi connectivity index (χ0v) is 9.43. The molecule has 1 aliphatic rings. The van der Waals surface area contributed by atoms with Gasteiger partial charge in [0.25, 0.3) is 0 Å². The van der Waals surface area contributed by atoms with E-state index in [1.807, 2.05) is 25.0 Å². The Morgan fingerprint density at radius 3 is 3.21 bits per heavy atom. The predicted octanol–water partition coefficient (Wildman–Crippen LogP) is 2.18. The van der Waals surface area contributed by atoms with Gasteiger partial charge < -0.3 is 9.73 Å². The van der Waals surface area contributed by atoms with Crippen molar-refractivity contribution in [3.05, 3.63) is 17.8 Å². The molecule has 78 valence electrons. The standard InChI is InChI=1S/C10H16N2OS/c1-7(11-2)9-5-12-10(13-9)8-3-4-14-6-8/h5,7-8,11H,3-4,6H2,1-2H3. The van der Waals surface area contributed by atoms with Gasteiger partial charge in [-0.15, -0.1) is 0 Å². The second-order valence-electron chi connectivity index (χ2n) is 3.67. The number of rotatable bonds is 3. The van der Waals surface area contributed by atoms with Crippen molar-refractivity contribution in [3.63, 3.8) is 0 Å². The summed E-state index contributed by atoms with van der Waals surface area (Å²) in [5, 5.41) is 3.15. The quantitative estimate of drug-likeness (QED) is 0.833. The Morgan fingerprint density at radius 1 is 1.71 bits per heavy atom. The summed E-state index contributed by atoms with van der Waals surface area (Å²) in [6, 6.07) is 0.255. The van der Waals surface area contributed by atoms with E-state index in [9.17, 15) is 0 Å². The molecular weight excluding hydrogens is 196 g/mol. The topological polar surface area (TPSA) is 38.1 Å². The molecule has 0 bridgehead atoms. The molecule has 0 spiro atoms. The third-order valence-electron chi connectivity index (χ3n) is 2.68. The number of nitrogens with one attached hydrogen (secondary N) is 1. The lowest BCUT2D eigenvalue weighted by molar-refractivity contribution is 0.396. The number of hydrogen-bond donors (Lipinski definition) is 1. The van der Waals surface area contributed by atoms with E-state index in [1.165, 1.54) is 12.2 Å². The van der Waals surface area contributed by atoms with Crippen LogP contribution < -0.4 is 5.32 Å². The summed E-state index contributed by atoms with van der Waals surface area (Å²) < 4.78 is 5.73. The first-order chi connectivity index (χ1) is 6.81. The highest BCUT2D eigenvalue weighted by Crippen LogP contribution is 2.32. The largest absolute Gasteiger partial charge is 0.444 e. The fourth-order valence-corrected chi connectivity index (χ4v) is 2.77. The van der Waals surface area contributed by atoms with Gasteiger partial charge in [-0.3, -0.25) is 0 Å². The Kier molecular flexibility index (Phi) is 3.13. The summed E-state index contributed by atoms with van der Waals surface area (Å²) >= 11 is 1.98. The van der Waals surface area contributed by atoms with Crippen molar-refractivity contribution in [3.8, 4) is 0 Å². The zero-order valence-electron chi connectivity index (χ0n) is 8.62. The van der Waals surface area contributed by atoms with Gasteiger partial charge in [0.2, 0.25) is 0 Å². The highest BCUT2D eigenvalue weighted by molar-refractivity contribution is 7.99. The summed E-state index contributed by atoms with van der Waals surface area (Å²) in [7, 11) is 1.93. The SMILES string of the molecule is CNC(C)c1cnc(C2CCSC2)o1. The van der Waals surface area contributed by atoms with Gasteiger partial charge in [0.05, 0.1) is 12.2 Å². The van der Waals surface area contributed by atoms with E-state index >= 15 is 0 Å². The van der Waals surface area contributed by atoms with E-state index in [-0.39, 0.29) is 6.04 Å². The molecule has 2 atom stereocenters. The molecule has 0 saturated carbocycles. The van der Waals surface area contributed by atoms with Crippen LogP contribution in [0, 0.1) is 0 Å². The molecule has 1 fully saturated rings. The fraction of sp³-hybridized carbons (Fsp3) is 0.700. The molecule has 2 rings (SSSR count). The molecular formula is C10H16N2OS. The number of nitrogens with zero attached hydrogens (tertiary/aromatic N) is 1. The van der Waals surface area contributed by atoms with Crippen LogP contribution >= 0.6 is 11.8 Å². The molecule has 2 unspecified atom stereocenters. The third kappa shape index (κ3) is 1.96. The van der Waals surface area contributed by atoms with E-state index < -0.39 is 0 Å². The van der Waals surface area contributed by atoms with Crippen LogP contribution in [-0.4, -0.2) is 23.5 Å². The Bertz CT molecular complexity index is 294. The van der Waals surface area contributed by atoms with Crippen LogP contribution in [0.15, 0.2) is 10.6 Å². The van der Waals surface area contributed by atoms with Crippen LogP contribution in [0.2, 0.25) is 0 Å². The number of aromatic nitrogens is 1. The average Bonchev–Trinajstić information content (AvgIpc) is 2.86. The molecule has 0 amide bonds. The first-order valence-electron chi connectivity index (χ1n) is 5.02. The highest BCUT2D eigenvalue weighted by Gasteiger charge is 2.22. The van der Waals surface area contributed by atoms with Gasteiger partial charge in [-0.1, -0.05) is 0 Å². The molecule has 1 aromatic heterocycles. The van der Waals surface area contributed by atoms with E-state index in [4.69, 9.17) is 4.42 Å². The number of thioether (sulfide) groups is 1. The van der Waals surface area contributed by atoms with Crippen molar-refractivity contribution in [2.75, 3.05) is 18.6 Å². The van der Waals surface area contributed by atoms with Crippen molar-refractivity contribution >= 4 is 11.8 Å². The molecule has 1 aromatic rings. The monoisotopic (exact) mass is 212 g/mol. The molecule has 0 aliphatic carbocycles. The van der Waals surface area contributed by atoms with Gasteiger partial charge in [-0.05, 0) is 26.1 Å². The lowest BCUT2D eigenvalue weighted by Gasteiger charge is -2.05. The second kappa shape index (κ2) is 4.36. The maximum absolute atomic E-state index is 5.73. The molecule has 3 nitrogen and oxygen atoms in total. The summed E-state index contributed by atoms with van der Waals surface area (Å²) in [6.45, 7) is 2.08. The van der Waals surface area contributed by atoms with Gasteiger partial charge in [0.15, 0.2) is 5.89 Å². The van der Waals surface area contributed by atoms with Crippen LogP contribution in [0.1, 0.15) is 37.0 Å². The van der Waals surface area contributed by atoms with E-state index in [0.717, 1.165) is 17.4 Å². The summed E-state index contributed by atoms with van der Waals surface area (Å²) in [4.78, 5) is 4.35. The molecule has 14 heavy (non-hydrogen) atoms. The molecule has 4 heteroatoms. The van der Waals surface area contributed by atoms with Gasteiger partial charge in [-0.25, -0.2) is 4.98 Å². The van der Waals surface area contributed by atoms with Gasteiger partial charge in [-0.2, -0.15) is 11.8 Å². The lowest BCUT2D eigenvalue weighted by atomic mass is 10.1. The van der Waals surface area contributed by atoms with E-state index in [2.05, 4.69) is 17.2 Å².